The monoisotopic (exact) mass is 593 g/mol. The summed E-state index contributed by atoms with van der Waals surface area (Å²) in [5.41, 5.74) is 3.39. The van der Waals surface area contributed by atoms with Crippen LogP contribution in [0.2, 0.25) is 5.02 Å². The average molecular weight is 595 g/mol. The lowest BCUT2D eigenvalue weighted by molar-refractivity contribution is 0.0671. The molecule has 196 valence electrons. The lowest BCUT2D eigenvalue weighted by atomic mass is 10.1. The number of methoxy groups -OCH3 is 1. The topological polar surface area (TPSA) is 73.1 Å². The summed E-state index contributed by atoms with van der Waals surface area (Å²) >= 11 is 9.97. The second-order valence-corrected chi connectivity index (χ2v) is 10.8. The van der Waals surface area contributed by atoms with Crippen LogP contribution in [0.3, 0.4) is 0 Å². The zero-order chi connectivity index (χ0) is 26.6. The molecule has 1 amide bonds. The van der Waals surface area contributed by atoms with Crippen molar-refractivity contribution in [2.24, 2.45) is 0 Å². The van der Waals surface area contributed by atoms with Crippen molar-refractivity contribution < 1.29 is 9.53 Å². The molecule has 4 aromatic rings. The number of benzene rings is 2. The minimum atomic E-state index is 0.0606. The molecule has 0 saturated heterocycles. The molecule has 0 atom stereocenters. The molecule has 9 heteroatoms. The van der Waals surface area contributed by atoms with Crippen LogP contribution < -0.4 is 4.74 Å². The van der Waals surface area contributed by atoms with E-state index in [0.717, 1.165) is 52.4 Å². The second kappa shape index (κ2) is 11.7. The van der Waals surface area contributed by atoms with Crippen LogP contribution in [0.25, 0.3) is 22.8 Å². The van der Waals surface area contributed by atoms with Crippen LogP contribution in [0.5, 0.6) is 5.75 Å². The molecule has 0 bridgehead atoms. The minimum absolute atomic E-state index is 0.0606. The fraction of sp³-hybridized carbons (Fsp3) is 0.310. The normalized spacial score (nSPS) is 13.6. The highest BCUT2D eigenvalue weighted by atomic mass is 79.9. The van der Waals surface area contributed by atoms with Crippen molar-refractivity contribution in [3.63, 3.8) is 0 Å². The molecule has 5 rings (SSSR count). The van der Waals surface area contributed by atoms with E-state index in [1.54, 1.807) is 19.5 Å². The number of aryl methyl sites for hydroxylation is 1. The molecule has 38 heavy (non-hydrogen) atoms. The molecule has 1 aliphatic rings. The fourth-order valence-corrected chi connectivity index (χ4v) is 5.76. The molecular weight excluding hydrogens is 566 g/mol. The summed E-state index contributed by atoms with van der Waals surface area (Å²) in [6.45, 7) is 3.00. The van der Waals surface area contributed by atoms with Crippen molar-refractivity contribution >= 4 is 33.4 Å². The number of halogens is 2. The van der Waals surface area contributed by atoms with E-state index in [-0.39, 0.29) is 11.9 Å². The zero-order valence-corrected chi connectivity index (χ0v) is 23.7. The molecule has 2 aromatic carbocycles. The molecular formula is C29H29BrClN5O2. The first-order valence-electron chi connectivity index (χ1n) is 12.7. The van der Waals surface area contributed by atoms with E-state index in [9.17, 15) is 4.79 Å². The van der Waals surface area contributed by atoms with Gasteiger partial charge in [-0.1, -0.05) is 40.4 Å². The summed E-state index contributed by atoms with van der Waals surface area (Å²) in [5.74, 6) is 1.93. The smallest absolute Gasteiger partial charge is 0.254 e. The Morgan fingerprint density at radius 3 is 2.55 bits per heavy atom. The number of amides is 1. The Kier molecular flexibility index (Phi) is 8.09. The van der Waals surface area contributed by atoms with Crippen LogP contribution in [0.1, 0.15) is 41.6 Å². The third kappa shape index (κ3) is 5.61. The Balaban J connectivity index is 1.49. The van der Waals surface area contributed by atoms with E-state index in [2.05, 4.69) is 20.9 Å². The maximum Gasteiger partial charge on any atom is 0.254 e. The number of nitrogens with zero attached hydrogens (tertiary/aromatic N) is 5. The summed E-state index contributed by atoms with van der Waals surface area (Å²) in [5, 5.41) is 5.35. The third-order valence-corrected chi connectivity index (χ3v) is 7.81. The second-order valence-electron chi connectivity index (χ2n) is 9.46. The van der Waals surface area contributed by atoms with Gasteiger partial charge in [0.1, 0.15) is 5.75 Å². The first-order chi connectivity index (χ1) is 18.4. The molecule has 0 aliphatic heterocycles. The maximum atomic E-state index is 13.8. The Bertz CT molecular complexity index is 1440. The maximum absolute atomic E-state index is 13.8. The summed E-state index contributed by atoms with van der Waals surface area (Å²) in [6.07, 6.45) is 7.75. The van der Waals surface area contributed by atoms with Crippen molar-refractivity contribution in [1.29, 1.82) is 0 Å². The highest BCUT2D eigenvalue weighted by Gasteiger charge is 2.28. The van der Waals surface area contributed by atoms with Gasteiger partial charge < -0.3 is 9.64 Å². The average Bonchev–Trinajstić information content (AvgIpc) is 3.60. The Morgan fingerprint density at radius 1 is 1.11 bits per heavy atom. The van der Waals surface area contributed by atoms with Crippen LogP contribution in [0, 0.1) is 6.92 Å². The first-order valence-corrected chi connectivity index (χ1v) is 13.9. The van der Waals surface area contributed by atoms with E-state index < -0.39 is 0 Å². The van der Waals surface area contributed by atoms with Gasteiger partial charge in [-0.25, -0.2) is 9.67 Å². The predicted octanol–water partition coefficient (Wildman–Crippen LogP) is 6.83. The van der Waals surface area contributed by atoms with Gasteiger partial charge in [0, 0.05) is 46.1 Å². The van der Waals surface area contributed by atoms with E-state index in [1.807, 2.05) is 65.0 Å². The standard InChI is InChI=1S/C29H29BrClN5O2/c1-19-17-22(30)8-9-24(19)29(37)35(23-5-3-4-6-23)15-16-36-28(21-7-10-26(38-2)25(31)18-21)33-27(34-36)20-11-13-32-14-12-20/h7-14,17-18,23H,3-6,15-16H2,1-2H3. The highest BCUT2D eigenvalue weighted by molar-refractivity contribution is 9.10. The van der Waals surface area contributed by atoms with Crippen molar-refractivity contribution in [3.05, 3.63) is 81.5 Å². The van der Waals surface area contributed by atoms with Gasteiger partial charge in [-0.2, -0.15) is 5.10 Å². The molecule has 0 unspecified atom stereocenters. The minimum Gasteiger partial charge on any atom is -0.495 e. The van der Waals surface area contributed by atoms with E-state index in [1.165, 1.54) is 0 Å². The van der Waals surface area contributed by atoms with Crippen molar-refractivity contribution in [3.8, 4) is 28.5 Å². The molecule has 2 aromatic heterocycles. The largest absolute Gasteiger partial charge is 0.495 e. The lowest BCUT2D eigenvalue weighted by Crippen LogP contribution is -2.41. The number of aromatic nitrogens is 4. The molecule has 0 radical (unpaired) electrons. The zero-order valence-electron chi connectivity index (χ0n) is 21.4. The molecule has 7 nitrogen and oxygen atoms in total. The molecule has 0 spiro atoms. The Hall–Kier alpha value is -3.23. The summed E-state index contributed by atoms with van der Waals surface area (Å²) in [7, 11) is 1.59. The van der Waals surface area contributed by atoms with Crippen LogP contribution >= 0.6 is 27.5 Å². The highest BCUT2D eigenvalue weighted by Crippen LogP contribution is 2.31. The van der Waals surface area contributed by atoms with Crippen LogP contribution in [0.15, 0.2) is 65.4 Å². The van der Waals surface area contributed by atoms with Crippen LogP contribution in [0.4, 0.5) is 0 Å². The third-order valence-electron chi connectivity index (χ3n) is 7.02. The van der Waals surface area contributed by atoms with Crippen molar-refractivity contribution in [1.82, 2.24) is 24.6 Å². The molecule has 1 fully saturated rings. The number of rotatable bonds is 8. The molecule has 1 saturated carbocycles. The number of hydrogen-bond donors (Lipinski definition) is 0. The van der Waals surface area contributed by atoms with Gasteiger partial charge in [0.05, 0.1) is 18.7 Å². The Labute approximate surface area is 235 Å². The van der Waals surface area contributed by atoms with Gasteiger partial charge in [0.2, 0.25) is 0 Å². The number of carbonyl (C=O) groups excluding carboxylic acids is 1. The first kappa shape index (κ1) is 26.4. The van der Waals surface area contributed by atoms with E-state index >= 15 is 0 Å². The van der Waals surface area contributed by atoms with Crippen molar-refractivity contribution in [2.75, 3.05) is 13.7 Å². The number of hydrogen-bond acceptors (Lipinski definition) is 5. The lowest BCUT2D eigenvalue weighted by Gasteiger charge is -2.30. The molecule has 2 heterocycles. The quantitative estimate of drug-likeness (QED) is 0.224. The summed E-state index contributed by atoms with van der Waals surface area (Å²) in [6, 6.07) is 15.4. The van der Waals surface area contributed by atoms with Gasteiger partial charge in [-0.3, -0.25) is 9.78 Å². The number of carbonyl (C=O) groups is 1. The van der Waals surface area contributed by atoms with Gasteiger partial charge >= 0.3 is 0 Å². The molecule has 1 aliphatic carbocycles. The SMILES string of the molecule is COc1ccc(-c2nc(-c3ccncc3)nn2CCN(C(=O)c2ccc(Br)cc2C)C2CCCC2)cc1Cl. The van der Waals surface area contributed by atoms with Gasteiger partial charge in [0.15, 0.2) is 11.6 Å². The fourth-order valence-electron chi connectivity index (χ4n) is 5.03. The summed E-state index contributed by atoms with van der Waals surface area (Å²) < 4.78 is 8.17. The number of ether oxygens (including phenoxy) is 1. The van der Waals surface area contributed by atoms with E-state index in [0.29, 0.717) is 35.5 Å². The van der Waals surface area contributed by atoms with E-state index in [4.69, 9.17) is 26.4 Å². The predicted molar refractivity (Wildman–Crippen MR) is 152 cm³/mol. The van der Waals surface area contributed by atoms with Crippen LogP contribution in [-0.2, 0) is 6.54 Å². The number of pyridine rings is 1. The van der Waals surface area contributed by atoms with Crippen LogP contribution in [-0.4, -0.2) is 50.3 Å². The summed E-state index contributed by atoms with van der Waals surface area (Å²) in [4.78, 5) is 24.8. The van der Waals surface area contributed by atoms with Gasteiger partial charge in [-0.05, 0) is 73.9 Å². The van der Waals surface area contributed by atoms with Gasteiger partial charge in [0.25, 0.3) is 5.91 Å². The molecule has 0 N–H and O–H groups in total. The Morgan fingerprint density at radius 2 is 1.87 bits per heavy atom. The van der Waals surface area contributed by atoms with Crippen molar-refractivity contribution in [2.45, 2.75) is 45.2 Å². The van der Waals surface area contributed by atoms with Gasteiger partial charge in [-0.15, -0.1) is 0 Å².